The molecular weight excluding hydrogens is 887 g/mol. The van der Waals surface area contributed by atoms with Gasteiger partial charge in [0, 0.05) is 60.5 Å². The number of furan rings is 1. The third-order valence-corrected chi connectivity index (χ3v) is 15.7. The Morgan fingerprint density at radius 3 is 1.59 bits per heavy atom. The van der Waals surface area contributed by atoms with E-state index in [1.54, 1.807) is 0 Å². The van der Waals surface area contributed by atoms with E-state index in [4.69, 9.17) is 4.42 Å². The molecule has 0 spiro atoms. The molecule has 0 saturated carbocycles. The van der Waals surface area contributed by atoms with Crippen LogP contribution in [0.4, 0.5) is 17.1 Å². The molecular formula is C69H47N3O. The molecule has 344 valence electrons. The van der Waals surface area contributed by atoms with Crippen molar-refractivity contribution in [3.63, 3.8) is 0 Å². The number of anilines is 3. The first-order valence-electron chi connectivity index (χ1n) is 25.2. The van der Waals surface area contributed by atoms with Gasteiger partial charge in [-0.05, 0) is 142 Å². The molecule has 0 fully saturated rings. The van der Waals surface area contributed by atoms with Gasteiger partial charge in [-0.2, -0.15) is 0 Å². The Balaban J connectivity index is 0.837. The molecule has 1 aliphatic rings. The second-order valence-corrected chi connectivity index (χ2v) is 20.1. The Morgan fingerprint density at radius 2 is 0.849 bits per heavy atom. The molecule has 0 aliphatic heterocycles. The van der Waals surface area contributed by atoms with Gasteiger partial charge in [0.15, 0.2) is 5.58 Å². The van der Waals surface area contributed by atoms with Crippen molar-refractivity contribution in [1.29, 1.82) is 0 Å². The van der Waals surface area contributed by atoms with Gasteiger partial charge in [0.25, 0.3) is 0 Å². The van der Waals surface area contributed by atoms with E-state index < -0.39 is 0 Å². The maximum Gasteiger partial charge on any atom is 0.159 e. The minimum Gasteiger partial charge on any atom is -0.454 e. The van der Waals surface area contributed by atoms with Crippen LogP contribution in [0.25, 0.3) is 110 Å². The number of rotatable bonds is 7. The maximum absolute atomic E-state index is 6.78. The summed E-state index contributed by atoms with van der Waals surface area (Å²) >= 11 is 0. The van der Waals surface area contributed by atoms with E-state index in [9.17, 15) is 0 Å². The molecule has 73 heavy (non-hydrogen) atoms. The van der Waals surface area contributed by atoms with E-state index in [1.165, 1.54) is 82.6 Å². The molecule has 0 N–H and O–H groups in total. The van der Waals surface area contributed by atoms with Gasteiger partial charge in [-0.3, -0.25) is 0 Å². The van der Waals surface area contributed by atoms with Gasteiger partial charge in [-0.25, -0.2) is 0 Å². The van der Waals surface area contributed by atoms with Gasteiger partial charge in [0.2, 0.25) is 0 Å². The summed E-state index contributed by atoms with van der Waals surface area (Å²) in [6.07, 6.45) is 0. The molecule has 11 aromatic carbocycles. The zero-order valence-electron chi connectivity index (χ0n) is 40.4. The Bertz CT molecular complexity index is 4520. The third kappa shape index (κ3) is 6.27. The fraction of sp³-hybridized carbons (Fsp3) is 0.0435. The van der Waals surface area contributed by atoms with Crippen molar-refractivity contribution in [2.45, 2.75) is 19.3 Å². The average Bonchev–Trinajstić information content (AvgIpc) is 4.17. The minimum atomic E-state index is -0.275. The standard InChI is InChI=1S/C69H47N3O/c1-69(2)60-41-46(47-31-37-56-54-20-9-12-24-62(54)72(66(56)42-47)49-18-7-4-8-19-49)30-36-52(60)53-38-35-51(43-61(53)69)70(65-26-15-23-58-57-22-11-14-27-67(57)73-68(58)65)50-33-28-44(29-34-50)45-32-39-64-59(40-45)55-21-10-13-25-63(55)71(64)48-16-5-3-6-17-48/h3-43H,1-2H3. The van der Waals surface area contributed by atoms with E-state index in [0.29, 0.717) is 0 Å². The molecule has 0 unspecified atom stereocenters. The quantitative estimate of drug-likeness (QED) is 0.159. The van der Waals surface area contributed by atoms with Crippen molar-refractivity contribution in [1.82, 2.24) is 9.13 Å². The second kappa shape index (κ2) is 15.8. The van der Waals surface area contributed by atoms with Crippen LogP contribution in [-0.2, 0) is 5.41 Å². The summed E-state index contributed by atoms with van der Waals surface area (Å²) < 4.78 is 11.6. The zero-order chi connectivity index (χ0) is 48.4. The number of para-hydroxylation sites is 6. The Kier molecular flexibility index (Phi) is 8.97. The highest BCUT2D eigenvalue weighted by atomic mass is 16.3. The van der Waals surface area contributed by atoms with Crippen molar-refractivity contribution in [3.05, 3.63) is 260 Å². The van der Waals surface area contributed by atoms with Gasteiger partial charge >= 0.3 is 0 Å². The van der Waals surface area contributed by atoms with Crippen LogP contribution in [0.15, 0.2) is 253 Å². The van der Waals surface area contributed by atoms with Gasteiger partial charge in [-0.1, -0.05) is 166 Å². The smallest absolute Gasteiger partial charge is 0.159 e. The van der Waals surface area contributed by atoms with E-state index in [2.05, 4.69) is 271 Å². The van der Waals surface area contributed by atoms with Crippen molar-refractivity contribution in [2.75, 3.05) is 4.90 Å². The van der Waals surface area contributed by atoms with Crippen LogP contribution in [0.3, 0.4) is 0 Å². The van der Waals surface area contributed by atoms with Crippen molar-refractivity contribution in [3.8, 4) is 44.8 Å². The number of hydrogen-bond acceptors (Lipinski definition) is 2. The molecule has 3 aromatic heterocycles. The lowest BCUT2D eigenvalue weighted by Gasteiger charge is -2.28. The van der Waals surface area contributed by atoms with Crippen LogP contribution in [0, 0.1) is 0 Å². The lowest BCUT2D eigenvalue weighted by Crippen LogP contribution is -2.16. The molecule has 0 saturated heterocycles. The van der Waals surface area contributed by atoms with Gasteiger partial charge < -0.3 is 18.5 Å². The van der Waals surface area contributed by atoms with E-state index in [0.717, 1.165) is 55.9 Å². The van der Waals surface area contributed by atoms with E-state index in [-0.39, 0.29) is 5.41 Å². The maximum atomic E-state index is 6.78. The van der Waals surface area contributed by atoms with Crippen LogP contribution in [-0.4, -0.2) is 9.13 Å². The molecule has 4 nitrogen and oxygen atoms in total. The number of fused-ring (bicyclic) bond motifs is 12. The molecule has 4 heteroatoms. The van der Waals surface area contributed by atoms with E-state index in [1.807, 2.05) is 6.07 Å². The summed E-state index contributed by atoms with van der Waals surface area (Å²) in [6.45, 7) is 4.77. The zero-order valence-corrected chi connectivity index (χ0v) is 40.4. The Hall–Kier alpha value is -9.38. The normalized spacial score (nSPS) is 12.9. The molecule has 14 aromatic rings. The fourth-order valence-electron chi connectivity index (χ4n) is 12.2. The number of aromatic nitrogens is 2. The second-order valence-electron chi connectivity index (χ2n) is 20.1. The van der Waals surface area contributed by atoms with Gasteiger partial charge in [0.05, 0.1) is 27.8 Å². The van der Waals surface area contributed by atoms with Crippen LogP contribution in [0.1, 0.15) is 25.0 Å². The Labute approximate surface area is 422 Å². The first-order chi connectivity index (χ1) is 36.0. The lowest BCUT2D eigenvalue weighted by molar-refractivity contribution is 0.660. The topological polar surface area (TPSA) is 26.2 Å². The predicted octanol–water partition coefficient (Wildman–Crippen LogP) is 18.9. The molecule has 3 heterocycles. The van der Waals surface area contributed by atoms with Crippen molar-refractivity contribution >= 4 is 82.6 Å². The van der Waals surface area contributed by atoms with E-state index >= 15 is 0 Å². The fourth-order valence-corrected chi connectivity index (χ4v) is 12.2. The number of nitrogens with zero attached hydrogens (tertiary/aromatic N) is 3. The molecule has 0 amide bonds. The highest BCUT2D eigenvalue weighted by molar-refractivity contribution is 6.13. The van der Waals surface area contributed by atoms with Crippen LogP contribution >= 0.6 is 0 Å². The first-order valence-corrected chi connectivity index (χ1v) is 25.2. The number of hydrogen-bond donors (Lipinski definition) is 0. The average molecular weight is 934 g/mol. The molecule has 0 atom stereocenters. The molecule has 15 rings (SSSR count). The van der Waals surface area contributed by atoms with Crippen LogP contribution in [0.5, 0.6) is 0 Å². The Morgan fingerprint density at radius 1 is 0.342 bits per heavy atom. The van der Waals surface area contributed by atoms with Crippen LogP contribution < -0.4 is 4.90 Å². The van der Waals surface area contributed by atoms with Crippen molar-refractivity contribution in [2.24, 2.45) is 0 Å². The first kappa shape index (κ1) is 41.4. The summed E-state index contributed by atoms with van der Waals surface area (Å²) in [5.41, 5.74) is 21.7. The molecule has 0 radical (unpaired) electrons. The summed E-state index contributed by atoms with van der Waals surface area (Å²) in [7, 11) is 0. The van der Waals surface area contributed by atoms with Crippen molar-refractivity contribution < 1.29 is 4.42 Å². The largest absolute Gasteiger partial charge is 0.454 e. The lowest BCUT2D eigenvalue weighted by atomic mass is 9.81. The summed E-state index contributed by atoms with van der Waals surface area (Å²) in [6, 6.07) is 90.8. The monoisotopic (exact) mass is 933 g/mol. The summed E-state index contributed by atoms with van der Waals surface area (Å²) in [5.74, 6) is 0. The molecule has 1 aliphatic carbocycles. The van der Waals surface area contributed by atoms with Crippen LogP contribution in [0.2, 0.25) is 0 Å². The summed E-state index contributed by atoms with van der Waals surface area (Å²) in [5, 5.41) is 7.21. The predicted molar refractivity (Wildman–Crippen MR) is 306 cm³/mol. The highest BCUT2D eigenvalue weighted by Gasteiger charge is 2.37. The van der Waals surface area contributed by atoms with Gasteiger partial charge in [-0.15, -0.1) is 0 Å². The summed E-state index contributed by atoms with van der Waals surface area (Å²) in [4.78, 5) is 2.39. The number of benzene rings is 11. The highest BCUT2D eigenvalue weighted by Crippen LogP contribution is 2.53. The molecule has 0 bridgehead atoms. The third-order valence-electron chi connectivity index (χ3n) is 15.7. The SMILES string of the molecule is CC1(C)c2cc(-c3ccc4c5ccccc5n(-c5ccccc5)c4c3)ccc2-c2ccc(N(c3ccc(-c4ccc5c(c4)c4ccccc4n5-c4ccccc4)cc3)c3cccc4c3oc3ccccc34)cc21. The minimum absolute atomic E-state index is 0.275. The van der Waals surface area contributed by atoms with Gasteiger partial charge in [0.1, 0.15) is 5.58 Å².